The maximum Gasteiger partial charge on any atom is 0.337 e. The number of aromatic carboxylic acids is 1. The van der Waals surface area contributed by atoms with Crippen molar-refractivity contribution in [3.05, 3.63) is 52.4 Å². The molecule has 6 heteroatoms. The van der Waals surface area contributed by atoms with E-state index >= 15 is 0 Å². The second kappa shape index (κ2) is 7.62. The summed E-state index contributed by atoms with van der Waals surface area (Å²) in [4.78, 5) is 14.5. The molecule has 0 radical (unpaired) electrons. The molecule has 162 valence electrons. The highest BCUT2D eigenvalue weighted by atomic mass is 32.1. The molecule has 3 N–H and O–H groups in total. The van der Waals surface area contributed by atoms with Gasteiger partial charge in [-0.2, -0.15) is 0 Å². The lowest BCUT2D eigenvalue weighted by molar-refractivity contribution is 0.0696. The molecule has 0 spiro atoms. The molecule has 1 aliphatic heterocycles. The molecule has 31 heavy (non-hydrogen) atoms. The van der Waals surface area contributed by atoms with Crippen LogP contribution >= 0.6 is 11.3 Å². The molecule has 1 aliphatic carbocycles. The van der Waals surface area contributed by atoms with Crippen molar-refractivity contribution in [3.8, 4) is 16.2 Å². The van der Waals surface area contributed by atoms with Gasteiger partial charge in [0.25, 0.3) is 0 Å². The van der Waals surface area contributed by atoms with E-state index in [1.54, 1.807) is 16.3 Å². The van der Waals surface area contributed by atoms with Crippen LogP contribution in [0.2, 0.25) is 0 Å². The van der Waals surface area contributed by atoms with Crippen molar-refractivity contribution >= 4 is 28.1 Å². The van der Waals surface area contributed by atoms with Crippen LogP contribution in [0, 0.1) is 5.41 Å². The Hall–Kier alpha value is -2.41. The topological polar surface area (TPSA) is 75.8 Å². The van der Waals surface area contributed by atoms with Crippen LogP contribution in [0.4, 0.5) is 0 Å². The van der Waals surface area contributed by atoms with Crippen molar-refractivity contribution in [2.75, 3.05) is 13.1 Å². The van der Waals surface area contributed by atoms with Crippen LogP contribution in [0.5, 0.6) is 5.75 Å². The quantitative estimate of drug-likeness (QED) is 0.556. The molecular weight excluding hydrogens is 408 g/mol. The van der Waals surface area contributed by atoms with Crippen molar-refractivity contribution in [2.45, 2.75) is 45.6 Å². The minimum Gasteiger partial charge on any atom is -0.488 e. The number of hydrogen-bond donors (Lipinski definition) is 2. The van der Waals surface area contributed by atoms with Crippen molar-refractivity contribution in [2.24, 2.45) is 11.3 Å². The molecule has 0 amide bonds. The third-order valence-corrected chi connectivity index (χ3v) is 7.88. The Morgan fingerprint density at radius 1 is 1.26 bits per heavy atom. The minimum atomic E-state index is -0.849. The van der Waals surface area contributed by atoms with Crippen LogP contribution < -0.4 is 10.6 Å². The van der Waals surface area contributed by atoms with Gasteiger partial charge in [-0.05, 0) is 59.6 Å². The normalized spacial score (nSPS) is 20.7. The Balaban J connectivity index is 1.68. The lowest BCUT2D eigenvalue weighted by Crippen LogP contribution is -2.30. The van der Waals surface area contributed by atoms with Crippen LogP contribution in [-0.4, -0.2) is 35.3 Å². The summed E-state index contributed by atoms with van der Waals surface area (Å²) < 4.78 is 6.44. The number of hydrazine groups is 1. The first-order valence-corrected chi connectivity index (χ1v) is 11.7. The van der Waals surface area contributed by atoms with Crippen LogP contribution in [0.1, 0.15) is 47.5 Å². The third-order valence-electron chi connectivity index (χ3n) is 6.55. The summed E-state index contributed by atoms with van der Waals surface area (Å²) in [6.07, 6.45) is 3.68. The van der Waals surface area contributed by atoms with Crippen LogP contribution in [0.3, 0.4) is 0 Å². The second-order valence-electron chi connectivity index (χ2n) is 9.57. The molecule has 0 unspecified atom stereocenters. The Morgan fingerprint density at radius 2 is 2.00 bits per heavy atom. The first kappa shape index (κ1) is 20.5. The molecule has 1 fully saturated rings. The molecule has 2 aliphatic rings. The zero-order chi connectivity index (χ0) is 21.8. The van der Waals surface area contributed by atoms with E-state index in [2.05, 4.69) is 38.1 Å². The fourth-order valence-electron chi connectivity index (χ4n) is 4.86. The van der Waals surface area contributed by atoms with Crippen molar-refractivity contribution < 1.29 is 14.6 Å². The highest BCUT2D eigenvalue weighted by molar-refractivity contribution is 7.16. The summed E-state index contributed by atoms with van der Waals surface area (Å²) in [5, 5.41) is 14.2. The van der Waals surface area contributed by atoms with E-state index in [1.165, 1.54) is 4.88 Å². The molecular formula is C25H28N2O3S. The van der Waals surface area contributed by atoms with Crippen molar-refractivity contribution in [1.82, 2.24) is 5.01 Å². The number of hydrogen-bond acceptors (Lipinski definition) is 5. The predicted octanol–water partition coefficient (Wildman–Crippen LogP) is 5.11. The van der Waals surface area contributed by atoms with Gasteiger partial charge in [0, 0.05) is 23.5 Å². The SMILES string of the molecule is CC1(C)CCc2sc(-c3cc4ccccc4cc3O[C@H]3CCN(N)C3)c(C(=O)O)c2C1. The molecule has 2 aromatic carbocycles. The molecule has 1 atom stereocenters. The minimum absolute atomic E-state index is 0.00621. The maximum atomic E-state index is 12.4. The maximum absolute atomic E-state index is 12.4. The van der Waals surface area contributed by atoms with Gasteiger partial charge in [0.05, 0.1) is 10.4 Å². The average Bonchev–Trinajstić information content (AvgIpc) is 3.29. The lowest BCUT2D eigenvalue weighted by Gasteiger charge is -2.29. The lowest BCUT2D eigenvalue weighted by atomic mass is 9.76. The number of aryl methyl sites for hydroxylation is 1. The zero-order valence-electron chi connectivity index (χ0n) is 18.0. The predicted molar refractivity (Wildman–Crippen MR) is 125 cm³/mol. The summed E-state index contributed by atoms with van der Waals surface area (Å²) in [5.74, 6) is 5.85. The summed E-state index contributed by atoms with van der Waals surface area (Å²) >= 11 is 1.63. The molecule has 1 aromatic heterocycles. The van der Waals surface area contributed by atoms with E-state index in [4.69, 9.17) is 10.6 Å². The highest BCUT2D eigenvalue weighted by Gasteiger charge is 2.34. The van der Waals surface area contributed by atoms with E-state index in [-0.39, 0.29) is 11.5 Å². The molecule has 0 saturated carbocycles. The summed E-state index contributed by atoms with van der Waals surface area (Å²) in [7, 11) is 0. The van der Waals surface area contributed by atoms with Crippen LogP contribution in [0.15, 0.2) is 36.4 Å². The second-order valence-corrected chi connectivity index (χ2v) is 10.7. The van der Waals surface area contributed by atoms with E-state index < -0.39 is 5.97 Å². The number of carboxylic acid groups (broad SMARTS) is 1. The van der Waals surface area contributed by atoms with E-state index in [0.29, 0.717) is 12.1 Å². The summed E-state index contributed by atoms with van der Waals surface area (Å²) in [6, 6.07) is 12.3. The average molecular weight is 437 g/mol. The largest absolute Gasteiger partial charge is 0.488 e. The number of ether oxygens (including phenoxy) is 1. The Bertz CT molecular complexity index is 1170. The molecule has 1 saturated heterocycles. The number of thiophene rings is 1. The van der Waals surface area contributed by atoms with Gasteiger partial charge in [0.15, 0.2) is 0 Å². The van der Waals surface area contributed by atoms with Gasteiger partial charge in [0.2, 0.25) is 0 Å². The van der Waals surface area contributed by atoms with Gasteiger partial charge in [-0.15, -0.1) is 11.3 Å². The van der Waals surface area contributed by atoms with Gasteiger partial charge < -0.3 is 9.84 Å². The molecule has 2 heterocycles. The number of nitrogens with zero attached hydrogens (tertiary/aromatic N) is 1. The Kier molecular flexibility index (Phi) is 5.04. The molecule has 0 bridgehead atoms. The first-order chi connectivity index (χ1) is 14.8. The number of carbonyl (C=O) groups is 1. The molecule has 5 rings (SSSR count). The highest BCUT2D eigenvalue weighted by Crippen LogP contribution is 2.48. The van der Waals surface area contributed by atoms with Crippen molar-refractivity contribution in [3.63, 3.8) is 0 Å². The number of benzene rings is 2. The van der Waals surface area contributed by atoms with Gasteiger partial charge in [-0.25, -0.2) is 9.80 Å². The third kappa shape index (κ3) is 3.84. The van der Waals surface area contributed by atoms with Gasteiger partial charge >= 0.3 is 5.97 Å². The van der Waals surface area contributed by atoms with E-state index in [0.717, 1.165) is 64.8 Å². The van der Waals surface area contributed by atoms with Crippen molar-refractivity contribution in [1.29, 1.82) is 0 Å². The smallest absolute Gasteiger partial charge is 0.337 e. The Labute approximate surface area is 186 Å². The van der Waals surface area contributed by atoms with E-state index in [9.17, 15) is 9.90 Å². The van der Waals surface area contributed by atoms with Gasteiger partial charge in [-0.3, -0.25) is 5.84 Å². The summed E-state index contributed by atoms with van der Waals surface area (Å²) in [6.45, 7) is 5.92. The molecule has 5 nitrogen and oxygen atoms in total. The summed E-state index contributed by atoms with van der Waals surface area (Å²) in [5.41, 5.74) is 2.47. The number of nitrogens with two attached hydrogens (primary N) is 1. The number of carboxylic acids is 1. The first-order valence-electron chi connectivity index (χ1n) is 10.9. The molecule has 3 aromatic rings. The van der Waals surface area contributed by atoms with E-state index in [1.807, 2.05) is 12.1 Å². The van der Waals surface area contributed by atoms with Gasteiger partial charge in [-0.1, -0.05) is 38.1 Å². The standard InChI is InChI=1S/C25H28N2O3S/c1-25(2)9-7-21-19(13-25)22(24(28)29)23(31-21)18-11-15-5-3-4-6-16(15)12-20(18)30-17-8-10-27(26)14-17/h3-6,11-12,17H,7-10,13-14,26H2,1-2H3,(H,28,29)/t17-/m0/s1. The van der Waals surface area contributed by atoms with Crippen LogP contribution in [-0.2, 0) is 12.8 Å². The fourth-order valence-corrected chi connectivity index (χ4v) is 6.19. The Morgan fingerprint density at radius 3 is 2.68 bits per heavy atom. The van der Waals surface area contributed by atoms with Gasteiger partial charge in [0.1, 0.15) is 11.9 Å². The fraction of sp³-hybridized carbons (Fsp3) is 0.400. The number of rotatable bonds is 4. The number of fused-ring (bicyclic) bond motifs is 2. The monoisotopic (exact) mass is 436 g/mol. The van der Waals surface area contributed by atoms with Crippen LogP contribution in [0.25, 0.3) is 21.2 Å². The zero-order valence-corrected chi connectivity index (χ0v) is 18.8.